The minimum Gasteiger partial charge on any atom is -0.455 e. The third-order valence-corrected chi connectivity index (χ3v) is 8.90. The molecule has 0 unspecified atom stereocenters. The van der Waals surface area contributed by atoms with Crippen molar-refractivity contribution < 1.29 is 4.42 Å². The number of benzene rings is 7. The molecule has 2 heterocycles. The number of furan rings is 1. The molecule has 0 aliphatic heterocycles. The molecule has 0 fully saturated rings. The van der Waals surface area contributed by atoms with Crippen molar-refractivity contribution in [1.82, 2.24) is 4.98 Å². The first-order valence-electron chi connectivity index (χ1n) is 15.5. The lowest BCUT2D eigenvalue weighted by Crippen LogP contribution is -2.10. The molecule has 0 aliphatic rings. The van der Waals surface area contributed by atoms with Gasteiger partial charge in [-0.2, -0.15) is 0 Å². The van der Waals surface area contributed by atoms with Crippen LogP contribution < -0.4 is 4.90 Å². The number of aromatic nitrogens is 1. The van der Waals surface area contributed by atoms with E-state index < -0.39 is 0 Å². The summed E-state index contributed by atoms with van der Waals surface area (Å²) < 4.78 is 6.80. The molecule has 0 saturated carbocycles. The van der Waals surface area contributed by atoms with Crippen LogP contribution in [0.15, 0.2) is 175 Å². The zero-order chi connectivity index (χ0) is 30.5. The van der Waals surface area contributed by atoms with E-state index in [2.05, 4.69) is 162 Å². The average molecular weight is 589 g/mol. The summed E-state index contributed by atoms with van der Waals surface area (Å²) in [6.45, 7) is 0. The highest BCUT2D eigenvalue weighted by Crippen LogP contribution is 2.46. The van der Waals surface area contributed by atoms with Crippen molar-refractivity contribution in [3.63, 3.8) is 0 Å². The Morgan fingerprint density at radius 3 is 2.07 bits per heavy atom. The molecule has 0 spiro atoms. The maximum absolute atomic E-state index is 6.80. The molecule has 0 N–H and O–H groups in total. The summed E-state index contributed by atoms with van der Waals surface area (Å²) in [4.78, 5) is 6.77. The molecule has 3 heteroatoms. The van der Waals surface area contributed by atoms with Crippen LogP contribution in [0.3, 0.4) is 0 Å². The molecule has 0 saturated heterocycles. The Morgan fingerprint density at radius 2 is 1.20 bits per heavy atom. The van der Waals surface area contributed by atoms with Crippen LogP contribution in [-0.4, -0.2) is 4.98 Å². The molecule has 7 aromatic carbocycles. The van der Waals surface area contributed by atoms with E-state index in [9.17, 15) is 0 Å². The maximum Gasteiger partial charge on any atom is 0.143 e. The van der Waals surface area contributed by atoms with Gasteiger partial charge in [0.25, 0.3) is 0 Å². The van der Waals surface area contributed by atoms with E-state index in [0.717, 1.165) is 61.3 Å². The minimum atomic E-state index is 0.867. The highest BCUT2D eigenvalue weighted by atomic mass is 16.3. The first-order valence-corrected chi connectivity index (χ1v) is 15.5. The number of pyridine rings is 1. The summed E-state index contributed by atoms with van der Waals surface area (Å²) in [5.74, 6) is 0. The molecule has 2 aromatic heterocycles. The number of nitrogens with zero attached hydrogens (tertiary/aromatic N) is 2. The largest absolute Gasteiger partial charge is 0.455 e. The predicted molar refractivity (Wildman–Crippen MR) is 192 cm³/mol. The smallest absolute Gasteiger partial charge is 0.143 e. The van der Waals surface area contributed by atoms with E-state index in [1.807, 2.05) is 18.5 Å². The van der Waals surface area contributed by atoms with Crippen molar-refractivity contribution in [1.29, 1.82) is 0 Å². The zero-order valence-corrected chi connectivity index (χ0v) is 25.0. The number of hydrogen-bond donors (Lipinski definition) is 0. The second-order valence-corrected chi connectivity index (χ2v) is 11.6. The van der Waals surface area contributed by atoms with E-state index >= 15 is 0 Å². The molecule has 0 atom stereocenters. The summed E-state index contributed by atoms with van der Waals surface area (Å²) in [5.41, 5.74) is 9.41. The van der Waals surface area contributed by atoms with Crippen molar-refractivity contribution in [2.45, 2.75) is 0 Å². The van der Waals surface area contributed by atoms with Crippen molar-refractivity contribution in [2.75, 3.05) is 4.90 Å². The second-order valence-electron chi connectivity index (χ2n) is 11.6. The third-order valence-electron chi connectivity index (χ3n) is 8.90. The van der Waals surface area contributed by atoms with E-state index in [4.69, 9.17) is 4.42 Å². The van der Waals surface area contributed by atoms with Crippen LogP contribution in [0, 0.1) is 0 Å². The molecule has 9 aromatic rings. The summed E-state index contributed by atoms with van der Waals surface area (Å²) in [6.07, 6.45) is 3.74. The fourth-order valence-electron chi connectivity index (χ4n) is 6.86. The Kier molecular flexibility index (Phi) is 6.14. The number of hydrogen-bond acceptors (Lipinski definition) is 3. The molecule has 0 amide bonds. The van der Waals surface area contributed by atoms with Crippen LogP contribution in [0.1, 0.15) is 0 Å². The summed E-state index contributed by atoms with van der Waals surface area (Å²) in [6, 6.07) is 55.8. The van der Waals surface area contributed by atoms with Gasteiger partial charge in [0, 0.05) is 51.1 Å². The highest BCUT2D eigenvalue weighted by Gasteiger charge is 2.21. The molecule has 0 radical (unpaired) electrons. The first kappa shape index (κ1) is 26.2. The normalized spacial score (nSPS) is 11.5. The van der Waals surface area contributed by atoms with Gasteiger partial charge in [0.15, 0.2) is 0 Å². The van der Waals surface area contributed by atoms with Crippen molar-refractivity contribution in [2.24, 2.45) is 0 Å². The molecule has 3 nitrogen and oxygen atoms in total. The number of para-hydroxylation sites is 1. The SMILES string of the molecule is c1ccc(N(c2cccc(-c3cc4ccccc4c4c3oc3cccc(-c5cccnc5)c34)c2)c2cccc3ccccc23)cc1. The van der Waals surface area contributed by atoms with E-state index in [1.165, 1.54) is 21.5 Å². The van der Waals surface area contributed by atoms with Crippen LogP contribution >= 0.6 is 0 Å². The highest BCUT2D eigenvalue weighted by molar-refractivity contribution is 6.25. The Bertz CT molecular complexity index is 2530. The van der Waals surface area contributed by atoms with Gasteiger partial charge in [-0.1, -0.05) is 109 Å². The van der Waals surface area contributed by atoms with Gasteiger partial charge in [-0.3, -0.25) is 4.98 Å². The molecular weight excluding hydrogens is 560 g/mol. The Morgan fingerprint density at radius 1 is 0.478 bits per heavy atom. The standard InChI is InChI=1S/C43H28N2O/c1-2-17-33(18-3-1)45(39-23-9-14-29-12-4-6-20-35(29)39)34-19-8-15-30(26-34)38-27-31-13-5-7-21-36(31)42-41-37(32-16-11-25-44-28-32)22-10-24-40(41)46-43(38)42/h1-28H. The zero-order valence-electron chi connectivity index (χ0n) is 25.0. The van der Waals surface area contributed by atoms with Gasteiger partial charge in [0.2, 0.25) is 0 Å². The predicted octanol–water partition coefficient (Wildman–Crippen LogP) is 12.1. The monoisotopic (exact) mass is 588 g/mol. The van der Waals surface area contributed by atoms with Gasteiger partial charge < -0.3 is 9.32 Å². The van der Waals surface area contributed by atoms with Crippen LogP contribution in [0.2, 0.25) is 0 Å². The molecule has 0 bridgehead atoms. The summed E-state index contributed by atoms with van der Waals surface area (Å²) in [5, 5.41) is 7.00. The molecule has 216 valence electrons. The van der Waals surface area contributed by atoms with Crippen molar-refractivity contribution in [3.8, 4) is 22.3 Å². The lowest BCUT2D eigenvalue weighted by atomic mass is 9.93. The molecule has 46 heavy (non-hydrogen) atoms. The van der Waals surface area contributed by atoms with E-state index in [-0.39, 0.29) is 0 Å². The Labute approximate surface area is 266 Å². The maximum atomic E-state index is 6.80. The average Bonchev–Trinajstić information content (AvgIpc) is 3.53. The second kappa shape index (κ2) is 10.8. The van der Waals surface area contributed by atoms with Gasteiger partial charge in [0.1, 0.15) is 11.2 Å². The van der Waals surface area contributed by atoms with Gasteiger partial charge >= 0.3 is 0 Å². The number of anilines is 3. The quantitative estimate of drug-likeness (QED) is 0.200. The van der Waals surface area contributed by atoms with Gasteiger partial charge in [0.05, 0.1) is 5.69 Å². The summed E-state index contributed by atoms with van der Waals surface area (Å²) in [7, 11) is 0. The fourth-order valence-corrected chi connectivity index (χ4v) is 6.86. The van der Waals surface area contributed by atoms with E-state index in [0.29, 0.717) is 0 Å². The third kappa shape index (κ3) is 4.25. The van der Waals surface area contributed by atoms with E-state index in [1.54, 1.807) is 0 Å². The molecular formula is C43H28N2O. The van der Waals surface area contributed by atoms with Gasteiger partial charge in [-0.25, -0.2) is 0 Å². The summed E-state index contributed by atoms with van der Waals surface area (Å²) >= 11 is 0. The van der Waals surface area contributed by atoms with Gasteiger partial charge in [-0.15, -0.1) is 0 Å². The van der Waals surface area contributed by atoms with Crippen LogP contribution in [-0.2, 0) is 0 Å². The van der Waals surface area contributed by atoms with Crippen LogP contribution in [0.25, 0.3) is 65.7 Å². The first-order chi connectivity index (χ1) is 22.8. The number of fused-ring (bicyclic) bond motifs is 6. The lowest BCUT2D eigenvalue weighted by Gasteiger charge is -2.27. The van der Waals surface area contributed by atoms with Crippen LogP contribution in [0.5, 0.6) is 0 Å². The lowest BCUT2D eigenvalue weighted by molar-refractivity contribution is 0.670. The van der Waals surface area contributed by atoms with Crippen molar-refractivity contribution in [3.05, 3.63) is 170 Å². The molecule has 0 aliphatic carbocycles. The minimum absolute atomic E-state index is 0.867. The van der Waals surface area contributed by atoms with Crippen molar-refractivity contribution >= 4 is 60.5 Å². The topological polar surface area (TPSA) is 29.3 Å². The Balaban J connectivity index is 1.31. The Hall–Kier alpha value is -6.19. The fraction of sp³-hybridized carbons (Fsp3) is 0. The number of rotatable bonds is 5. The van der Waals surface area contributed by atoms with Crippen LogP contribution in [0.4, 0.5) is 17.1 Å². The van der Waals surface area contributed by atoms with Gasteiger partial charge in [-0.05, 0) is 75.8 Å². The molecule has 9 rings (SSSR count).